The van der Waals surface area contributed by atoms with E-state index in [1.807, 2.05) is 4.90 Å². The van der Waals surface area contributed by atoms with E-state index < -0.39 is 0 Å². The van der Waals surface area contributed by atoms with E-state index in [4.69, 9.17) is 0 Å². The number of carbonyl (C=O) groups excluding carboxylic acids is 3. The van der Waals surface area contributed by atoms with Crippen LogP contribution in [0.25, 0.3) is 0 Å². The van der Waals surface area contributed by atoms with E-state index in [-0.39, 0.29) is 36.2 Å². The number of rotatable bonds is 5. The van der Waals surface area contributed by atoms with Crippen molar-refractivity contribution in [2.24, 2.45) is 5.92 Å². The van der Waals surface area contributed by atoms with Gasteiger partial charge in [-0.25, -0.2) is 0 Å². The molecule has 1 aromatic rings. The van der Waals surface area contributed by atoms with Crippen LogP contribution in [0.1, 0.15) is 82.9 Å². The van der Waals surface area contributed by atoms with Crippen molar-refractivity contribution in [1.29, 1.82) is 0 Å². The number of imide groups is 1. The molecule has 30 heavy (non-hydrogen) atoms. The second-order valence-electron chi connectivity index (χ2n) is 8.58. The van der Waals surface area contributed by atoms with Gasteiger partial charge in [-0.05, 0) is 62.9 Å². The molecule has 164 valence electrons. The molecule has 0 aromatic heterocycles. The van der Waals surface area contributed by atoms with Crippen molar-refractivity contribution < 1.29 is 14.4 Å². The monoisotopic (exact) mass is 433 g/mol. The average Bonchev–Trinajstić information content (AvgIpc) is 3.02. The van der Waals surface area contributed by atoms with Gasteiger partial charge in [-0.2, -0.15) is 0 Å². The van der Waals surface area contributed by atoms with E-state index >= 15 is 0 Å². The highest BCUT2D eigenvalue weighted by atomic mass is 35.5. The highest BCUT2D eigenvalue weighted by Gasteiger charge is 2.40. The van der Waals surface area contributed by atoms with Gasteiger partial charge in [-0.1, -0.05) is 26.2 Å². The number of hydrogen-bond acceptors (Lipinski definition) is 4. The summed E-state index contributed by atoms with van der Waals surface area (Å²) in [5, 5.41) is 3.38. The Hall–Kier alpha value is -1.92. The highest BCUT2D eigenvalue weighted by molar-refractivity contribution is 6.22. The van der Waals surface area contributed by atoms with Crippen LogP contribution in [0.15, 0.2) is 18.2 Å². The summed E-state index contributed by atoms with van der Waals surface area (Å²) >= 11 is 0. The third kappa shape index (κ3) is 4.40. The SMILES string of the molecule is CCNCC1CCN(C(=O)c2ccc3c(c2)C(=O)N(C2CCCCC2)C3=O)CC1.Cl. The number of nitrogens with zero attached hydrogens (tertiary/aromatic N) is 2. The maximum Gasteiger partial charge on any atom is 0.261 e. The van der Waals surface area contributed by atoms with E-state index in [0.29, 0.717) is 22.6 Å². The van der Waals surface area contributed by atoms with Crippen LogP contribution in [0.4, 0.5) is 0 Å². The fourth-order valence-electron chi connectivity index (χ4n) is 4.93. The predicted molar refractivity (Wildman–Crippen MR) is 118 cm³/mol. The van der Waals surface area contributed by atoms with Crippen molar-refractivity contribution >= 4 is 30.1 Å². The normalized spacial score (nSPS) is 20.3. The Bertz CT molecular complexity index is 799. The van der Waals surface area contributed by atoms with Crippen LogP contribution in [0, 0.1) is 5.92 Å². The Morgan fingerprint density at radius 1 is 1.00 bits per heavy atom. The first kappa shape index (κ1) is 22.8. The lowest BCUT2D eigenvalue weighted by Gasteiger charge is -2.32. The molecule has 2 fully saturated rings. The van der Waals surface area contributed by atoms with Crippen LogP contribution in [-0.4, -0.2) is 59.7 Å². The molecule has 7 heteroatoms. The summed E-state index contributed by atoms with van der Waals surface area (Å²) in [6.07, 6.45) is 7.06. The third-order valence-corrected chi connectivity index (χ3v) is 6.69. The summed E-state index contributed by atoms with van der Waals surface area (Å²) in [4.78, 5) is 42.1. The molecular weight excluding hydrogens is 402 g/mol. The molecule has 0 bridgehead atoms. The van der Waals surface area contributed by atoms with Gasteiger partial charge in [0.05, 0.1) is 11.1 Å². The number of carbonyl (C=O) groups is 3. The fraction of sp³-hybridized carbons (Fsp3) is 0.609. The van der Waals surface area contributed by atoms with Crippen molar-refractivity contribution in [3.8, 4) is 0 Å². The smallest absolute Gasteiger partial charge is 0.261 e. The van der Waals surface area contributed by atoms with Crippen molar-refractivity contribution in [3.05, 3.63) is 34.9 Å². The minimum Gasteiger partial charge on any atom is -0.339 e. The number of hydrogen-bond donors (Lipinski definition) is 1. The molecule has 1 aliphatic carbocycles. The Labute approximate surface area is 184 Å². The van der Waals surface area contributed by atoms with Gasteiger partial charge in [0.15, 0.2) is 0 Å². The van der Waals surface area contributed by atoms with Crippen LogP contribution in [-0.2, 0) is 0 Å². The third-order valence-electron chi connectivity index (χ3n) is 6.69. The molecule has 0 unspecified atom stereocenters. The van der Waals surface area contributed by atoms with E-state index in [1.54, 1.807) is 18.2 Å². The Kier molecular flexibility index (Phi) is 7.53. The highest BCUT2D eigenvalue weighted by Crippen LogP contribution is 2.32. The van der Waals surface area contributed by atoms with Gasteiger partial charge in [-0.3, -0.25) is 19.3 Å². The van der Waals surface area contributed by atoms with Gasteiger partial charge in [0.2, 0.25) is 0 Å². The lowest BCUT2D eigenvalue weighted by atomic mass is 9.94. The van der Waals surface area contributed by atoms with E-state index in [9.17, 15) is 14.4 Å². The fourth-order valence-corrected chi connectivity index (χ4v) is 4.93. The molecule has 2 aliphatic heterocycles. The summed E-state index contributed by atoms with van der Waals surface area (Å²) < 4.78 is 0. The van der Waals surface area contributed by atoms with Crippen molar-refractivity contribution in [1.82, 2.24) is 15.1 Å². The van der Waals surface area contributed by atoms with Gasteiger partial charge in [0, 0.05) is 24.7 Å². The summed E-state index contributed by atoms with van der Waals surface area (Å²) in [7, 11) is 0. The number of likely N-dealkylation sites (tertiary alicyclic amines) is 1. The molecule has 1 N–H and O–H groups in total. The summed E-state index contributed by atoms with van der Waals surface area (Å²) in [6.45, 7) is 5.57. The van der Waals surface area contributed by atoms with Crippen LogP contribution in [0.5, 0.6) is 0 Å². The first-order valence-corrected chi connectivity index (χ1v) is 11.1. The molecule has 4 rings (SSSR count). The second kappa shape index (κ2) is 9.92. The van der Waals surface area contributed by atoms with Gasteiger partial charge in [-0.15, -0.1) is 12.4 Å². The Morgan fingerprint density at radius 2 is 1.67 bits per heavy atom. The number of fused-ring (bicyclic) bond motifs is 1. The Morgan fingerprint density at radius 3 is 2.33 bits per heavy atom. The summed E-state index contributed by atoms with van der Waals surface area (Å²) in [6, 6.07) is 5.03. The maximum absolute atomic E-state index is 13.0. The van der Waals surface area contributed by atoms with Crippen molar-refractivity contribution in [2.45, 2.75) is 57.9 Å². The quantitative estimate of drug-likeness (QED) is 0.721. The van der Waals surface area contributed by atoms with Crippen molar-refractivity contribution in [2.75, 3.05) is 26.2 Å². The lowest BCUT2D eigenvalue weighted by molar-refractivity contribution is 0.0548. The molecule has 6 nitrogen and oxygen atoms in total. The van der Waals surface area contributed by atoms with Gasteiger partial charge >= 0.3 is 0 Å². The zero-order valence-electron chi connectivity index (χ0n) is 17.7. The molecule has 3 aliphatic rings. The first-order valence-electron chi connectivity index (χ1n) is 11.1. The molecular formula is C23H32ClN3O3. The number of piperidine rings is 1. The van der Waals surface area contributed by atoms with Crippen LogP contribution in [0.2, 0.25) is 0 Å². The zero-order valence-corrected chi connectivity index (χ0v) is 18.5. The minimum absolute atomic E-state index is 0. The van der Waals surface area contributed by atoms with E-state index in [0.717, 1.165) is 64.7 Å². The molecule has 3 amide bonds. The van der Waals surface area contributed by atoms with Gasteiger partial charge < -0.3 is 10.2 Å². The zero-order chi connectivity index (χ0) is 20.4. The maximum atomic E-state index is 13.0. The molecule has 2 heterocycles. The average molecular weight is 434 g/mol. The first-order chi connectivity index (χ1) is 14.1. The topological polar surface area (TPSA) is 69.7 Å². The van der Waals surface area contributed by atoms with Gasteiger partial charge in [0.25, 0.3) is 17.7 Å². The lowest BCUT2D eigenvalue weighted by Crippen LogP contribution is -2.41. The molecule has 0 radical (unpaired) electrons. The molecule has 1 aromatic carbocycles. The number of nitrogens with one attached hydrogen (secondary N) is 1. The number of benzene rings is 1. The molecule has 0 atom stereocenters. The number of amides is 3. The summed E-state index contributed by atoms with van der Waals surface area (Å²) in [5.74, 6) is 0.157. The summed E-state index contributed by atoms with van der Waals surface area (Å²) in [5.41, 5.74) is 1.36. The van der Waals surface area contributed by atoms with Crippen molar-refractivity contribution in [3.63, 3.8) is 0 Å². The van der Waals surface area contributed by atoms with E-state index in [1.165, 1.54) is 11.3 Å². The second-order valence-corrected chi connectivity index (χ2v) is 8.58. The Balaban J connectivity index is 0.00000256. The largest absolute Gasteiger partial charge is 0.339 e. The van der Waals surface area contributed by atoms with Gasteiger partial charge in [0.1, 0.15) is 0 Å². The molecule has 0 spiro atoms. The van der Waals surface area contributed by atoms with Crippen LogP contribution >= 0.6 is 12.4 Å². The molecule has 1 saturated carbocycles. The standard InChI is InChI=1S/C23H31N3O3.ClH/c1-2-24-15-16-10-12-25(13-11-16)21(27)17-8-9-19-20(14-17)23(29)26(22(19)28)18-6-4-3-5-7-18;/h8-9,14,16,18,24H,2-7,10-13,15H2,1H3;1H. The minimum atomic E-state index is -0.226. The van der Waals surface area contributed by atoms with Crippen LogP contribution in [0.3, 0.4) is 0 Å². The van der Waals surface area contributed by atoms with E-state index in [2.05, 4.69) is 12.2 Å². The predicted octanol–water partition coefficient (Wildman–Crippen LogP) is 3.50. The van der Waals surface area contributed by atoms with Crippen LogP contribution < -0.4 is 5.32 Å². The number of halogens is 1. The molecule has 1 saturated heterocycles.